The third-order valence-electron chi connectivity index (χ3n) is 2.86. The quantitative estimate of drug-likeness (QED) is 0.683. The van der Waals surface area contributed by atoms with Crippen LogP contribution in [0.2, 0.25) is 0 Å². The van der Waals surface area contributed by atoms with E-state index < -0.39 is 11.4 Å². The second-order valence-corrected chi connectivity index (χ2v) is 5.26. The van der Waals surface area contributed by atoms with Crippen LogP contribution >= 0.6 is 11.6 Å². The molecule has 0 saturated heterocycles. The predicted molar refractivity (Wildman–Crippen MR) is 75.6 cm³/mol. The van der Waals surface area contributed by atoms with Crippen molar-refractivity contribution in [2.45, 2.75) is 20.8 Å². The summed E-state index contributed by atoms with van der Waals surface area (Å²) < 4.78 is 4.65. The van der Waals surface area contributed by atoms with Gasteiger partial charge < -0.3 is 10.1 Å². The maximum atomic E-state index is 12.1. The Bertz CT molecular complexity index is 497. The minimum Gasteiger partial charge on any atom is -0.465 e. The fourth-order valence-corrected chi connectivity index (χ4v) is 1.48. The van der Waals surface area contributed by atoms with E-state index in [4.69, 9.17) is 11.6 Å². The summed E-state index contributed by atoms with van der Waals surface area (Å²) in [4.78, 5) is 23.5. The van der Waals surface area contributed by atoms with Gasteiger partial charge in [0.2, 0.25) is 5.91 Å². The minimum absolute atomic E-state index is 0.187. The van der Waals surface area contributed by atoms with Gasteiger partial charge in [-0.15, -0.1) is 11.6 Å². The van der Waals surface area contributed by atoms with Gasteiger partial charge in [0.05, 0.1) is 18.1 Å². The molecule has 0 saturated carbocycles. The van der Waals surface area contributed by atoms with Crippen LogP contribution in [0.25, 0.3) is 0 Å². The van der Waals surface area contributed by atoms with Crippen LogP contribution in [0.5, 0.6) is 0 Å². The van der Waals surface area contributed by atoms with Crippen LogP contribution in [-0.2, 0) is 9.53 Å². The molecule has 0 unspecified atom stereocenters. The number of ether oxygens (including phenoxy) is 1. The Morgan fingerprint density at radius 3 is 2.53 bits per heavy atom. The molecule has 4 nitrogen and oxygen atoms in total. The lowest BCUT2D eigenvalue weighted by Gasteiger charge is -2.21. The Morgan fingerprint density at radius 1 is 1.37 bits per heavy atom. The molecule has 1 aromatic carbocycles. The molecule has 1 aromatic rings. The Hall–Kier alpha value is -1.55. The van der Waals surface area contributed by atoms with Crippen molar-refractivity contribution < 1.29 is 14.3 Å². The molecule has 0 aromatic heterocycles. The number of amides is 1. The topological polar surface area (TPSA) is 55.4 Å². The zero-order chi connectivity index (χ0) is 14.6. The van der Waals surface area contributed by atoms with Crippen molar-refractivity contribution >= 4 is 29.2 Å². The van der Waals surface area contributed by atoms with Gasteiger partial charge in [0.25, 0.3) is 0 Å². The molecule has 1 rings (SSSR count). The zero-order valence-corrected chi connectivity index (χ0v) is 12.3. The number of anilines is 1. The highest BCUT2D eigenvalue weighted by atomic mass is 35.5. The van der Waals surface area contributed by atoms with Crippen LogP contribution in [0.1, 0.15) is 29.8 Å². The highest BCUT2D eigenvalue weighted by Gasteiger charge is 2.27. The first kappa shape index (κ1) is 15.5. The van der Waals surface area contributed by atoms with E-state index in [0.29, 0.717) is 11.3 Å². The SMILES string of the molecule is COC(=O)c1ccc(C)c(NC(=O)C(C)(C)CCl)c1. The average Bonchev–Trinajstić information content (AvgIpc) is 2.40. The number of carbonyl (C=O) groups is 2. The summed E-state index contributed by atoms with van der Waals surface area (Å²) in [5.41, 5.74) is 1.18. The van der Waals surface area contributed by atoms with Gasteiger partial charge in [0.15, 0.2) is 0 Å². The van der Waals surface area contributed by atoms with Crippen molar-refractivity contribution in [1.29, 1.82) is 0 Å². The van der Waals surface area contributed by atoms with Gasteiger partial charge in [-0.1, -0.05) is 6.07 Å². The highest BCUT2D eigenvalue weighted by molar-refractivity contribution is 6.20. The van der Waals surface area contributed by atoms with E-state index in [2.05, 4.69) is 10.1 Å². The molecule has 0 aliphatic rings. The first-order valence-corrected chi connectivity index (χ1v) is 6.41. The average molecular weight is 284 g/mol. The Labute approximate surface area is 118 Å². The lowest BCUT2D eigenvalue weighted by Crippen LogP contribution is -2.32. The molecule has 1 N–H and O–H groups in total. The van der Waals surface area contributed by atoms with Crippen molar-refractivity contribution in [2.75, 3.05) is 18.3 Å². The van der Waals surface area contributed by atoms with E-state index in [1.54, 1.807) is 32.0 Å². The predicted octanol–water partition coefficient (Wildman–Crippen LogP) is 2.99. The molecule has 5 heteroatoms. The zero-order valence-electron chi connectivity index (χ0n) is 11.5. The summed E-state index contributed by atoms with van der Waals surface area (Å²) in [5.74, 6) is -0.408. The van der Waals surface area contributed by atoms with Crippen LogP contribution < -0.4 is 5.32 Å². The summed E-state index contributed by atoms with van der Waals surface area (Å²) >= 11 is 5.76. The number of methoxy groups -OCH3 is 1. The van der Waals surface area contributed by atoms with Gasteiger partial charge in [-0.3, -0.25) is 4.79 Å². The van der Waals surface area contributed by atoms with E-state index in [0.717, 1.165) is 5.56 Å². The fourth-order valence-electron chi connectivity index (χ4n) is 1.35. The van der Waals surface area contributed by atoms with Crippen molar-refractivity contribution in [3.8, 4) is 0 Å². The van der Waals surface area contributed by atoms with E-state index in [-0.39, 0.29) is 11.8 Å². The first-order chi connectivity index (χ1) is 8.81. The molecule has 0 atom stereocenters. The third kappa shape index (κ3) is 3.70. The molecule has 104 valence electrons. The summed E-state index contributed by atoms with van der Waals surface area (Å²) in [6, 6.07) is 5.02. The molecule has 0 aliphatic carbocycles. The van der Waals surface area contributed by atoms with E-state index in [1.165, 1.54) is 7.11 Å². The normalized spacial score (nSPS) is 11.0. The van der Waals surface area contributed by atoms with Gasteiger partial charge in [0, 0.05) is 11.6 Å². The number of hydrogen-bond acceptors (Lipinski definition) is 3. The number of carbonyl (C=O) groups excluding carboxylic acids is 2. The third-order valence-corrected chi connectivity index (χ3v) is 3.52. The summed E-state index contributed by atoms with van der Waals surface area (Å²) in [7, 11) is 1.32. The van der Waals surface area contributed by atoms with Crippen LogP contribution in [0.4, 0.5) is 5.69 Å². The number of halogens is 1. The molecule has 19 heavy (non-hydrogen) atoms. The number of esters is 1. The Balaban J connectivity index is 3.01. The van der Waals surface area contributed by atoms with Gasteiger partial charge in [-0.25, -0.2) is 4.79 Å². The molecule has 0 radical (unpaired) electrons. The van der Waals surface area contributed by atoms with Gasteiger partial charge >= 0.3 is 5.97 Å². The van der Waals surface area contributed by atoms with Crippen LogP contribution in [0.3, 0.4) is 0 Å². The number of alkyl halides is 1. The van der Waals surface area contributed by atoms with E-state index in [9.17, 15) is 9.59 Å². The fraction of sp³-hybridized carbons (Fsp3) is 0.429. The van der Waals surface area contributed by atoms with Gasteiger partial charge in [-0.05, 0) is 38.5 Å². The van der Waals surface area contributed by atoms with Crippen LogP contribution in [0.15, 0.2) is 18.2 Å². The van der Waals surface area contributed by atoms with Gasteiger partial charge in [0.1, 0.15) is 0 Å². The van der Waals surface area contributed by atoms with Crippen molar-refractivity contribution in [3.05, 3.63) is 29.3 Å². The summed E-state index contributed by atoms with van der Waals surface area (Å²) in [6.45, 7) is 5.37. The molecular formula is C14H18ClNO3. The number of aryl methyl sites for hydroxylation is 1. The minimum atomic E-state index is -0.671. The molecule has 0 spiro atoms. The van der Waals surface area contributed by atoms with Crippen molar-refractivity contribution in [3.63, 3.8) is 0 Å². The van der Waals surface area contributed by atoms with Gasteiger partial charge in [-0.2, -0.15) is 0 Å². The Kier molecular flexibility index (Phi) is 4.95. The van der Waals surface area contributed by atoms with Crippen molar-refractivity contribution in [1.82, 2.24) is 0 Å². The standard InChI is InChI=1S/C14H18ClNO3/c1-9-5-6-10(12(17)19-4)7-11(9)16-13(18)14(2,3)8-15/h5-7H,8H2,1-4H3,(H,16,18). The Morgan fingerprint density at radius 2 is 2.00 bits per heavy atom. The van der Waals surface area contributed by atoms with E-state index >= 15 is 0 Å². The summed E-state index contributed by atoms with van der Waals surface area (Å²) in [6.07, 6.45) is 0. The lowest BCUT2D eigenvalue weighted by atomic mass is 9.95. The second kappa shape index (κ2) is 6.06. The molecule has 1 amide bonds. The molecule has 0 fully saturated rings. The maximum absolute atomic E-state index is 12.1. The smallest absolute Gasteiger partial charge is 0.337 e. The number of hydrogen-bond donors (Lipinski definition) is 1. The molecule has 0 aliphatic heterocycles. The highest BCUT2D eigenvalue weighted by Crippen LogP contribution is 2.23. The number of nitrogens with one attached hydrogen (secondary N) is 1. The largest absolute Gasteiger partial charge is 0.465 e. The van der Waals surface area contributed by atoms with Crippen LogP contribution in [-0.4, -0.2) is 24.9 Å². The number of benzene rings is 1. The monoisotopic (exact) mass is 283 g/mol. The molecular weight excluding hydrogens is 266 g/mol. The van der Waals surface area contributed by atoms with E-state index in [1.807, 2.05) is 6.92 Å². The maximum Gasteiger partial charge on any atom is 0.337 e. The molecule has 0 heterocycles. The first-order valence-electron chi connectivity index (χ1n) is 5.88. The lowest BCUT2D eigenvalue weighted by molar-refractivity contribution is -0.122. The number of rotatable bonds is 4. The molecule has 0 bridgehead atoms. The second-order valence-electron chi connectivity index (χ2n) is 4.99. The van der Waals surface area contributed by atoms with Crippen molar-refractivity contribution in [2.24, 2.45) is 5.41 Å². The van der Waals surface area contributed by atoms with Crippen LogP contribution in [0, 0.1) is 12.3 Å². The summed E-state index contributed by atoms with van der Waals surface area (Å²) in [5, 5.41) is 2.79.